The van der Waals surface area contributed by atoms with Gasteiger partial charge in [0.15, 0.2) is 0 Å². The van der Waals surface area contributed by atoms with Crippen LogP contribution < -0.4 is 0 Å². The zero-order valence-corrected chi connectivity index (χ0v) is 10.2. The van der Waals surface area contributed by atoms with Gasteiger partial charge in [-0.05, 0) is 28.2 Å². The van der Waals surface area contributed by atoms with Gasteiger partial charge in [0.05, 0.1) is 0 Å². The van der Waals surface area contributed by atoms with Gasteiger partial charge in [-0.3, -0.25) is 9.80 Å². The van der Waals surface area contributed by atoms with E-state index in [2.05, 4.69) is 0 Å². The number of likely N-dealkylation sites (N-methyl/N-ethyl adjacent to an activating group) is 2. The van der Waals surface area contributed by atoms with Crippen molar-refractivity contribution in [2.24, 2.45) is 0 Å². The molecule has 0 aromatic carbocycles. The molecule has 2 nitrogen and oxygen atoms in total. The summed E-state index contributed by atoms with van der Waals surface area (Å²) in [6.45, 7) is 0. The molecular weight excluding hydrogens is 277 g/mol. The van der Waals surface area contributed by atoms with Crippen LogP contribution in [0.15, 0.2) is 0 Å². The van der Waals surface area contributed by atoms with Crippen molar-refractivity contribution in [2.45, 2.75) is 11.0 Å². The third-order valence-electron chi connectivity index (χ3n) is 1.21. The molecular formula is C6H14Cl2N2Pd+2. The quantitative estimate of drug-likeness (QED) is 0.438. The number of rotatable bonds is 3. The molecule has 0 saturated heterocycles. The molecule has 5 heteroatoms. The minimum Gasteiger partial charge on any atom is -0.291 e. The van der Waals surface area contributed by atoms with Crippen molar-refractivity contribution >= 4 is 23.2 Å². The smallest absolute Gasteiger partial charge is 0.291 e. The maximum absolute atomic E-state index is 5.91. The molecule has 0 aliphatic rings. The van der Waals surface area contributed by atoms with Crippen LogP contribution in [-0.4, -0.2) is 49.0 Å². The summed E-state index contributed by atoms with van der Waals surface area (Å²) in [5.41, 5.74) is -0.284. The average Bonchev–Trinajstić information content (AvgIpc) is 1.84. The Morgan fingerprint density at radius 1 is 0.818 bits per heavy atom. The van der Waals surface area contributed by atoms with E-state index in [0.717, 1.165) is 0 Å². The second-order valence-corrected chi connectivity index (χ2v) is 3.57. The Morgan fingerprint density at radius 2 is 1.00 bits per heavy atom. The fourth-order valence-electron chi connectivity index (χ4n) is 0.492. The second-order valence-electron chi connectivity index (χ2n) is 2.67. The summed E-state index contributed by atoms with van der Waals surface area (Å²) in [6.07, 6.45) is 0. The third-order valence-corrected chi connectivity index (χ3v) is 2.60. The zero-order valence-electron chi connectivity index (χ0n) is 7.12. The van der Waals surface area contributed by atoms with E-state index in [1.54, 1.807) is 0 Å². The van der Waals surface area contributed by atoms with Crippen LogP contribution in [0.2, 0.25) is 0 Å². The van der Waals surface area contributed by atoms with Gasteiger partial charge in [-0.2, -0.15) is 0 Å². The molecule has 0 aromatic heterocycles. The van der Waals surface area contributed by atoms with Crippen molar-refractivity contribution in [1.82, 2.24) is 9.80 Å². The molecule has 0 radical (unpaired) electrons. The van der Waals surface area contributed by atoms with Crippen molar-refractivity contribution in [3.8, 4) is 0 Å². The fourth-order valence-corrected chi connectivity index (χ4v) is 0.943. The van der Waals surface area contributed by atoms with E-state index in [1.165, 1.54) is 0 Å². The molecule has 0 rings (SSSR count). The van der Waals surface area contributed by atoms with Crippen LogP contribution in [0, 0.1) is 0 Å². The van der Waals surface area contributed by atoms with E-state index >= 15 is 0 Å². The van der Waals surface area contributed by atoms with Gasteiger partial charge in [0.25, 0.3) is 0 Å². The predicted octanol–water partition coefficient (Wildman–Crippen LogP) is 1.24. The summed E-state index contributed by atoms with van der Waals surface area (Å²) in [4.78, 5) is 3.75. The van der Waals surface area contributed by atoms with Gasteiger partial charge < -0.3 is 0 Å². The SMILES string of the molecule is CN(C)C(Cl)C(Cl)N(C)C.[Pd+2]. The average molecular weight is 292 g/mol. The molecule has 2 atom stereocenters. The zero-order chi connectivity index (χ0) is 8.31. The Hall–Kier alpha value is 1.16. The van der Waals surface area contributed by atoms with E-state index in [4.69, 9.17) is 23.2 Å². The Morgan fingerprint density at radius 3 is 1.09 bits per heavy atom. The van der Waals surface area contributed by atoms with E-state index in [0.29, 0.717) is 0 Å². The summed E-state index contributed by atoms with van der Waals surface area (Å²) >= 11 is 11.8. The monoisotopic (exact) mass is 290 g/mol. The first-order valence-electron chi connectivity index (χ1n) is 3.08. The van der Waals surface area contributed by atoms with Crippen molar-refractivity contribution in [1.29, 1.82) is 0 Å². The number of alkyl halides is 2. The molecule has 2 unspecified atom stereocenters. The number of halogens is 2. The molecule has 0 heterocycles. The standard InChI is InChI=1S/C6H14Cl2N2.Pd/c1-9(2)5(7)6(8)10(3)4;/h5-6H,1-4H3;/q;+2. The largest absolute Gasteiger partial charge is 2.00 e. The van der Waals surface area contributed by atoms with Crippen molar-refractivity contribution in [3.63, 3.8) is 0 Å². The summed E-state index contributed by atoms with van der Waals surface area (Å²) in [6, 6.07) is 0. The van der Waals surface area contributed by atoms with Gasteiger partial charge in [0, 0.05) is 0 Å². The Balaban J connectivity index is 0. The van der Waals surface area contributed by atoms with Crippen LogP contribution in [0.4, 0.5) is 0 Å². The maximum Gasteiger partial charge on any atom is 2.00 e. The van der Waals surface area contributed by atoms with Gasteiger partial charge in [0.1, 0.15) is 11.0 Å². The minimum absolute atomic E-state index is 0. The van der Waals surface area contributed by atoms with Gasteiger partial charge >= 0.3 is 20.4 Å². The third kappa shape index (κ3) is 5.41. The van der Waals surface area contributed by atoms with Gasteiger partial charge in [-0.15, -0.1) is 23.2 Å². The fraction of sp³-hybridized carbons (Fsp3) is 1.00. The van der Waals surface area contributed by atoms with E-state index < -0.39 is 0 Å². The van der Waals surface area contributed by atoms with Gasteiger partial charge in [-0.25, -0.2) is 0 Å². The van der Waals surface area contributed by atoms with Crippen LogP contribution in [-0.2, 0) is 20.4 Å². The molecule has 0 spiro atoms. The first-order chi connectivity index (χ1) is 4.46. The summed E-state index contributed by atoms with van der Waals surface area (Å²) in [7, 11) is 7.60. The predicted molar refractivity (Wildman–Crippen MR) is 46.7 cm³/mol. The molecule has 0 amide bonds. The van der Waals surface area contributed by atoms with E-state index in [9.17, 15) is 0 Å². The van der Waals surface area contributed by atoms with Crippen LogP contribution in [0.3, 0.4) is 0 Å². The van der Waals surface area contributed by atoms with Crippen LogP contribution >= 0.6 is 23.2 Å². The van der Waals surface area contributed by atoms with Crippen LogP contribution in [0.25, 0.3) is 0 Å². The van der Waals surface area contributed by atoms with Gasteiger partial charge in [0.2, 0.25) is 0 Å². The summed E-state index contributed by atoms with van der Waals surface area (Å²) in [5.74, 6) is 0. The van der Waals surface area contributed by atoms with E-state index in [-0.39, 0.29) is 31.4 Å². The molecule has 70 valence electrons. The minimum atomic E-state index is -0.142. The molecule has 0 aliphatic heterocycles. The molecule has 0 bridgehead atoms. The maximum atomic E-state index is 5.91. The Kier molecular flexibility index (Phi) is 8.88. The molecule has 0 saturated carbocycles. The van der Waals surface area contributed by atoms with Crippen molar-refractivity contribution in [2.75, 3.05) is 28.2 Å². The number of nitrogens with zero attached hydrogens (tertiary/aromatic N) is 2. The first kappa shape index (κ1) is 14.7. The molecule has 0 N–H and O–H groups in total. The Bertz CT molecular complexity index is 88.6. The summed E-state index contributed by atoms with van der Waals surface area (Å²) in [5, 5.41) is 0. The first-order valence-corrected chi connectivity index (χ1v) is 3.95. The van der Waals surface area contributed by atoms with Crippen molar-refractivity contribution in [3.05, 3.63) is 0 Å². The van der Waals surface area contributed by atoms with Crippen LogP contribution in [0.1, 0.15) is 0 Å². The summed E-state index contributed by atoms with van der Waals surface area (Å²) < 4.78 is 0. The molecule has 0 aliphatic carbocycles. The second kappa shape index (κ2) is 6.65. The van der Waals surface area contributed by atoms with Crippen LogP contribution in [0.5, 0.6) is 0 Å². The number of hydrogen-bond donors (Lipinski definition) is 0. The molecule has 0 aromatic rings. The normalized spacial score (nSPS) is 16.4. The Labute approximate surface area is 92.5 Å². The van der Waals surface area contributed by atoms with Gasteiger partial charge in [-0.1, -0.05) is 0 Å². The molecule has 11 heavy (non-hydrogen) atoms. The number of hydrogen-bond acceptors (Lipinski definition) is 2. The topological polar surface area (TPSA) is 6.48 Å². The van der Waals surface area contributed by atoms with E-state index in [1.807, 2.05) is 38.0 Å². The van der Waals surface area contributed by atoms with Crippen molar-refractivity contribution < 1.29 is 20.4 Å². The molecule has 0 fully saturated rings.